The van der Waals surface area contributed by atoms with E-state index in [1.807, 2.05) is 0 Å². The van der Waals surface area contributed by atoms with Crippen LogP contribution in [0.25, 0.3) is 0 Å². The molecule has 0 saturated heterocycles. The van der Waals surface area contributed by atoms with E-state index < -0.39 is 0 Å². The van der Waals surface area contributed by atoms with Gasteiger partial charge in [0.05, 0.1) is 0 Å². The summed E-state index contributed by atoms with van der Waals surface area (Å²) in [5, 5.41) is 3.78. The molecule has 2 heteroatoms. The molecule has 2 aliphatic carbocycles. The van der Waals surface area contributed by atoms with E-state index in [0.29, 0.717) is 0 Å². The zero-order valence-corrected chi connectivity index (χ0v) is 11.7. The molecule has 0 amide bonds. The molecule has 3 atom stereocenters. The summed E-state index contributed by atoms with van der Waals surface area (Å²) in [5.74, 6) is 5.61. The third-order valence-corrected chi connectivity index (χ3v) is 5.61. The number of thioether (sulfide) groups is 1. The van der Waals surface area contributed by atoms with Gasteiger partial charge in [-0.25, -0.2) is 0 Å². The highest BCUT2D eigenvalue weighted by molar-refractivity contribution is 7.99. The number of hydrogen-bond acceptors (Lipinski definition) is 2. The third kappa shape index (κ3) is 3.96. The van der Waals surface area contributed by atoms with Crippen LogP contribution in [0.3, 0.4) is 0 Å². The maximum atomic E-state index is 3.78. The lowest BCUT2D eigenvalue weighted by Gasteiger charge is -2.34. The van der Waals surface area contributed by atoms with Crippen molar-refractivity contribution in [2.75, 3.05) is 18.1 Å². The molecule has 2 rings (SSSR count). The highest BCUT2D eigenvalue weighted by Gasteiger charge is 2.26. The number of hydrogen-bond donors (Lipinski definition) is 1. The lowest BCUT2D eigenvalue weighted by Crippen LogP contribution is -2.41. The topological polar surface area (TPSA) is 12.0 Å². The van der Waals surface area contributed by atoms with E-state index in [-0.39, 0.29) is 0 Å². The monoisotopic (exact) mass is 241 g/mol. The molecule has 16 heavy (non-hydrogen) atoms. The SMILES string of the molecule is CC1CCCC(NCCSCC2CC2)C1C. The van der Waals surface area contributed by atoms with Gasteiger partial charge in [0.2, 0.25) is 0 Å². The molecule has 0 aromatic rings. The molecule has 94 valence electrons. The second-order valence-electron chi connectivity index (χ2n) is 5.85. The maximum Gasteiger partial charge on any atom is 0.00955 e. The van der Waals surface area contributed by atoms with Crippen molar-refractivity contribution >= 4 is 11.8 Å². The van der Waals surface area contributed by atoms with Gasteiger partial charge >= 0.3 is 0 Å². The quantitative estimate of drug-likeness (QED) is 0.714. The van der Waals surface area contributed by atoms with Gasteiger partial charge in [0.1, 0.15) is 0 Å². The second-order valence-corrected chi connectivity index (χ2v) is 7.00. The van der Waals surface area contributed by atoms with Gasteiger partial charge < -0.3 is 5.32 Å². The van der Waals surface area contributed by atoms with Crippen LogP contribution in [-0.4, -0.2) is 24.1 Å². The fourth-order valence-electron chi connectivity index (χ4n) is 2.72. The van der Waals surface area contributed by atoms with E-state index in [9.17, 15) is 0 Å². The first-order valence-corrected chi connectivity index (χ1v) is 8.24. The Morgan fingerprint density at radius 3 is 2.69 bits per heavy atom. The lowest BCUT2D eigenvalue weighted by molar-refractivity contribution is 0.210. The first kappa shape index (κ1) is 12.8. The minimum absolute atomic E-state index is 0.797. The Kier molecular flexibility index (Phi) is 5.02. The fraction of sp³-hybridized carbons (Fsp3) is 1.00. The van der Waals surface area contributed by atoms with E-state index in [2.05, 4.69) is 30.9 Å². The van der Waals surface area contributed by atoms with Gasteiger partial charge in [-0.2, -0.15) is 11.8 Å². The minimum atomic E-state index is 0.797. The summed E-state index contributed by atoms with van der Waals surface area (Å²) >= 11 is 2.15. The summed E-state index contributed by atoms with van der Waals surface area (Å²) in [4.78, 5) is 0. The predicted molar refractivity (Wildman–Crippen MR) is 74.0 cm³/mol. The average Bonchev–Trinajstić information content (AvgIpc) is 3.07. The van der Waals surface area contributed by atoms with Gasteiger partial charge in [0, 0.05) is 18.3 Å². The van der Waals surface area contributed by atoms with Crippen LogP contribution in [0.1, 0.15) is 46.0 Å². The average molecular weight is 241 g/mol. The van der Waals surface area contributed by atoms with Crippen LogP contribution in [0.5, 0.6) is 0 Å². The molecular weight excluding hydrogens is 214 g/mol. The molecule has 0 spiro atoms. The van der Waals surface area contributed by atoms with Gasteiger partial charge in [0.25, 0.3) is 0 Å². The van der Waals surface area contributed by atoms with Crippen LogP contribution in [-0.2, 0) is 0 Å². The molecule has 2 fully saturated rings. The highest BCUT2D eigenvalue weighted by atomic mass is 32.2. The third-order valence-electron chi connectivity index (χ3n) is 4.41. The normalized spacial score (nSPS) is 35.2. The van der Waals surface area contributed by atoms with Crippen LogP contribution in [0.2, 0.25) is 0 Å². The van der Waals surface area contributed by atoms with Crippen molar-refractivity contribution in [2.24, 2.45) is 17.8 Å². The van der Waals surface area contributed by atoms with E-state index in [4.69, 9.17) is 0 Å². The Bertz CT molecular complexity index is 203. The molecule has 0 aromatic carbocycles. The van der Waals surface area contributed by atoms with Crippen molar-refractivity contribution in [2.45, 2.75) is 52.0 Å². The van der Waals surface area contributed by atoms with Crippen molar-refractivity contribution in [3.63, 3.8) is 0 Å². The Morgan fingerprint density at radius 2 is 1.94 bits per heavy atom. The van der Waals surface area contributed by atoms with Crippen LogP contribution >= 0.6 is 11.8 Å². The summed E-state index contributed by atoms with van der Waals surface area (Å²) in [6.07, 6.45) is 7.27. The molecule has 1 nitrogen and oxygen atoms in total. The summed E-state index contributed by atoms with van der Waals surface area (Å²) in [6, 6.07) is 0.797. The zero-order valence-electron chi connectivity index (χ0n) is 10.9. The minimum Gasteiger partial charge on any atom is -0.313 e. The summed E-state index contributed by atoms with van der Waals surface area (Å²) < 4.78 is 0. The summed E-state index contributed by atoms with van der Waals surface area (Å²) in [5.41, 5.74) is 0. The predicted octanol–water partition coefficient (Wildman–Crippen LogP) is 3.54. The van der Waals surface area contributed by atoms with Crippen molar-refractivity contribution in [1.82, 2.24) is 5.32 Å². The van der Waals surface area contributed by atoms with E-state index in [1.165, 1.54) is 50.2 Å². The fourth-order valence-corrected chi connectivity index (χ4v) is 3.82. The number of nitrogens with one attached hydrogen (secondary N) is 1. The van der Waals surface area contributed by atoms with Crippen molar-refractivity contribution in [1.29, 1.82) is 0 Å². The Hall–Kier alpha value is 0.310. The molecule has 2 saturated carbocycles. The van der Waals surface area contributed by atoms with Gasteiger partial charge in [-0.1, -0.05) is 26.7 Å². The van der Waals surface area contributed by atoms with Gasteiger partial charge in [-0.05, 0) is 42.8 Å². The molecule has 3 unspecified atom stereocenters. The van der Waals surface area contributed by atoms with Gasteiger partial charge in [-0.15, -0.1) is 0 Å². The first-order valence-electron chi connectivity index (χ1n) is 7.08. The maximum absolute atomic E-state index is 3.78. The van der Waals surface area contributed by atoms with Crippen LogP contribution in [0, 0.1) is 17.8 Å². The summed E-state index contributed by atoms with van der Waals surface area (Å²) in [7, 11) is 0. The van der Waals surface area contributed by atoms with E-state index in [0.717, 1.165) is 23.8 Å². The van der Waals surface area contributed by atoms with Crippen molar-refractivity contribution in [3.05, 3.63) is 0 Å². The van der Waals surface area contributed by atoms with Crippen molar-refractivity contribution in [3.8, 4) is 0 Å². The van der Waals surface area contributed by atoms with Gasteiger partial charge in [0.15, 0.2) is 0 Å². The largest absolute Gasteiger partial charge is 0.313 e. The molecule has 0 aromatic heterocycles. The molecule has 0 bridgehead atoms. The van der Waals surface area contributed by atoms with Crippen LogP contribution in [0.15, 0.2) is 0 Å². The van der Waals surface area contributed by atoms with Crippen LogP contribution < -0.4 is 5.32 Å². The smallest absolute Gasteiger partial charge is 0.00955 e. The lowest BCUT2D eigenvalue weighted by atomic mass is 9.78. The first-order chi connectivity index (χ1) is 7.77. The highest BCUT2D eigenvalue weighted by Crippen LogP contribution is 2.32. The standard InChI is InChI=1S/C14H27NS/c1-11-4-3-5-14(12(11)2)15-8-9-16-10-13-6-7-13/h11-15H,3-10H2,1-2H3. The number of rotatable bonds is 6. The molecule has 0 aliphatic heterocycles. The van der Waals surface area contributed by atoms with E-state index >= 15 is 0 Å². The summed E-state index contributed by atoms with van der Waals surface area (Å²) in [6.45, 7) is 6.07. The Morgan fingerprint density at radius 1 is 1.12 bits per heavy atom. The van der Waals surface area contributed by atoms with Crippen molar-refractivity contribution < 1.29 is 0 Å². The molecule has 0 radical (unpaired) electrons. The van der Waals surface area contributed by atoms with Gasteiger partial charge in [-0.3, -0.25) is 0 Å². The van der Waals surface area contributed by atoms with Crippen LogP contribution in [0.4, 0.5) is 0 Å². The van der Waals surface area contributed by atoms with E-state index in [1.54, 1.807) is 0 Å². The molecule has 2 aliphatic rings. The zero-order chi connectivity index (χ0) is 11.4. The Balaban J connectivity index is 1.53. The molecule has 1 N–H and O–H groups in total. The molecule has 0 heterocycles. The Labute approximate surface area is 105 Å². The second kappa shape index (κ2) is 6.30. The molecular formula is C14H27NS.